The van der Waals surface area contributed by atoms with Crippen molar-refractivity contribution in [3.63, 3.8) is 0 Å². The number of rotatable bonds is 4. The van der Waals surface area contributed by atoms with E-state index < -0.39 is 35.1 Å². The van der Waals surface area contributed by atoms with E-state index in [1.807, 2.05) is 0 Å². The SMILES string of the molecule is NC(=O)c1cc(-c2ccc(F)cc2F)c2c(n1)[C@@H]1CC[C@H]2O1.NC(=O)c1cc(-c2ccc(F)cc2F)c2c(n1)[C@H]1CC[C@@H]2O1. The van der Waals surface area contributed by atoms with Crippen molar-refractivity contribution in [2.45, 2.75) is 50.1 Å². The average Bonchev–Trinajstić information content (AvgIpc) is 3.79. The summed E-state index contributed by atoms with van der Waals surface area (Å²) in [4.78, 5) is 31.5. The molecule has 0 saturated carbocycles. The van der Waals surface area contributed by atoms with Crippen LogP contribution < -0.4 is 11.5 Å². The van der Waals surface area contributed by atoms with Crippen molar-refractivity contribution >= 4 is 11.8 Å². The van der Waals surface area contributed by atoms with Crippen LogP contribution in [-0.4, -0.2) is 21.8 Å². The van der Waals surface area contributed by atoms with Gasteiger partial charge in [-0.2, -0.15) is 0 Å². The molecule has 4 aromatic rings. The van der Waals surface area contributed by atoms with E-state index in [9.17, 15) is 27.2 Å². The minimum atomic E-state index is -0.688. The molecule has 8 rings (SSSR count). The Hall–Kier alpha value is -4.68. The maximum absolute atomic E-state index is 14.2. The number of nitrogens with two attached hydrogens (primary N) is 2. The predicted molar refractivity (Wildman–Crippen MR) is 148 cm³/mol. The van der Waals surface area contributed by atoms with Crippen molar-refractivity contribution in [2.75, 3.05) is 0 Å². The first-order valence-electron chi connectivity index (χ1n) is 14.0. The van der Waals surface area contributed by atoms with Crippen LogP contribution in [0.3, 0.4) is 0 Å². The van der Waals surface area contributed by atoms with Gasteiger partial charge in [-0.1, -0.05) is 0 Å². The number of aromatic nitrogens is 2. The molecule has 0 radical (unpaired) electrons. The van der Waals surface area contributed by atoms with E-state index in [0.29, 0.717) is 22.5 Å². The van der Waals surface area contributed by atoms with Crippen LogP contribution in [0.4, 0.5) is 17.6 Å². The van der Waals surface area contributed by atoms with E-state index in [2.05, 4.69) is 9.97 Å². The number of ether oxygens (including phenoxy) is 2. The summed E-state index contributed by atoms with van der Waals surface area (Å²) < 4.78 is 66.2. The number of carbonyl (C=O) groups excluding carboxylic acids is 2. The fourth-order valence-electron chi connectivity index (χ4n) is 6.53. The lowest BCUT2D eigenvalue weighted by atomic mass is 9.88. The van der Waals surface area contributed by atoms with Crippen LogP contribution in [-0.2, 0) is 9.47 Å². The summed E-state index contributed by atoms with van der Waals surface area (Å²) in [6.45, 7) is 0. The van der Waals surface area contributed by atoms with Gasteiger partial charge in [-0.05, 0) is 73.2 Å². The van der Waals surface area contributed by atoms with Crippen LogP contribution >= 0.6 is 0 Å². The topological polar surface area (TPSA) is 130 Å². The Kier molecular flexibility index (Phi) is 6.70. The molecule has 0 unspecified atom stereocenters. The lowest BCUT2D eigenvalue weighted by molar-refractivity contribution is 0.0702. The standard InChI is InChI=1S/2C16H12F2N2O2/c2*17-7-1-2-8(10(18)5-7)9-6-11(16(19)21)20-15-13-4-3-12(22-13)14(9)15/h2*1-2,5-6,12-13H,3-4H2,(H2,19,21)/t2*12-,13+/m10/s1. The molecule has 4 bridgehead atoms. The first-order valence-corrected chi connectivity index (χ1v) is 14.0. The van der Waals surface area contributed by atoms with E-state index in [-0.39, 0.29) is 46.9 Å². The van der Waals surface area contributed by atoms with Gasteiger partial charge in [-0.25, -0.2) is 27.5 Å². The second kappa shape index (κ2) is 10.5. The Labute approximate surface area is 248 Å². The van der Waals surface area contributed by atoms with Crippen molar-refractivity contribution in [2.24, 2.45) is 11.5 Å². The largest absolute Gasteiger partial charge is 0.364 e. The molecule has 2 amide bonds. The number of pyridine rings is 2. The third-order valence-electron chi connectivity index (χ3n) is 8.42. The molecular weight excluding hydrogens is 580 g/mol. The maximum atomic E-state index is 14.2. The fraction of sp³-hybridized carbons (Fsp3) is 0.250. The summed E-state index contributed by atoms with van der Waals surface area (Å²) in [7, 11) is 0. The van der Waals surface area contributed by atoms with Crippen LogP contribution in [0.2, 0.25) is 0 Å². The van der Waals surface area contributed by atoms with Gasteiger partial charge in [0.1, 0.15) is 46.9 Å². The summed E-state index contributed by atoms with van der Waals surface area (Å²) in [5.74, 6) is -4.05. The molecule has 8 nitrogen and oxygen atoms in total. The number of halogens is 4. The van der Waals surface area contributed by atoms with Crippen molar-refractivity contribution in [1.29, 1.82) is 0 Å². The summed E-state index contributed by atoms with van der Waals surface area (Å²) >= 11 is 0. The zero-order valence-corrected chi connectivity index (χ0v) is 23.0. The Morgan fingerprint density at radius 1 is 0.591 bits per heavy atom. The smallest absolute Gasteiger partial charge is 0.267 e. The summed E-state index contributed by atoms with van der Waals surface area (Å²) in [6, 6.07) is 9.64. The Bertz CT molecular complexity index is 1750. The number of fused-ring (bicyclic) bond motifs is 10. The molecule has 0 aliphatic carbocycles. The number of carbonyl (C=O) groups is 2. The number of hydrogen-bond donors (Lipinski definition) is 2. The molecule has 12 heteroatoms. The monoisotopic (exact) mass is 604 g/mol. The van der Waals surface area contributed by atoms with Gasteiger partial charge in [0.2, 0.25) is 0 Å². The minimum absolute atomic E-state index is 0.0635. The molecular formula is C32H24F4N4O4. The second-order valence-electron chi connectivity index (χ2n) is 11.1. The van der Waals surface area contributed by atoms with E-state index in [1.54, 1.807) is 0 Å². The molecule has 2 aromatic heterocycles. The molecule has 4 aliphatic rings. The third kappa shape index (κ3) is 4.61. The van der Waals surface area contributed by atoms with Gasteiger partial charge in [0.05, 0.1) is 23.6 Å². The van der Waals surface area contributed by atoms with Crippen molar-refractivity contribution in [1.82, 2.24) is 9.97 Å². The van der Waals surface area contributed by atoms with Crippen LogP contribution in [0, 0.1) is 23.3 Å². The maximum Gasteiger partial charge on any atom is 0.267 e. The highest BCUT2D eigenvalue weighted by atomic mass is 19.1. The van der Waals surface area contributed by atoms with E-state index >= 15 is 0 Å². The summed E-state index contributed by atoms with van der Waals surface area (Å²) in [6.07, 6.45) is 2.61. The van der Waals surface area contributed by atoms with Crippen LogP contribution in [0.5, 0.6) is 0 Å². The first kappa shape index (κ1) is 28.1. The van der Waals surface area contributed by atoms with Crippen LogP contribution in [0.1, 0.15) is 93.6 Å². The summed E-state index contributed by atoms with van der Waals surface area (Å²) in [5, 5.41) is 0. The zero-order chi connectivity index (χ0) is 30.9. The van der Waals surface area contributed by atoms with Crippen molar-refractivity contribution in [3.05, 3.63) is 106 Å². The Balaban J connectivity index is 0.000000142. The average molecular weight is 605 g/mol. The number of benzene rings is 2. The highest BCUT2D eigenvalue weighted by Gasteiger charge is 2.43. The quantitative estimate of drug-likeness (QED) is 0.272. The fourth-order valence-corrected chi connectivity index (χ4v) is 6.53. The molecule has 2 saturated heterocycles. The number of primary amides is 2. The van der Waals surface area contributed by atoms with Gasteiger partial charge in [0.25, 0.3) is 11.8 Å². The molecule has 4 aliphatic heterocycles. The van der Waals surface area contributed by atoms with Gasteiger partial charge < -0.3 is 20.9 Å². The molecule has 6 heterocycles. The number of hydrogen-bond acceptors (Lipinski definition) is 6. The van der Waals surface area contributed by atoms with E-state index in [4.69, 9.17) is 20.9 Å². The predicted octanol–water partition coefficient (Wildman–Crippen LogP) is 6.06. The molecule has 224 valence electrons. The molecule has 4 N–H and O–H groups in total. The number of nitrogens with zero attached hydrogens (tertiary/aromatic N) is 2. The third-order valence-corrected chi connectivity index (χ3v) is 8.42. The molecule has 4 atom stereocenters. The van der Waals surface area contributed by atoms with Gasteiger partial charge in [0, 0.05) is 34.4 Å². The van der Waals surface area contributed by atoms with E-state index in [1.165, 1.54) is 36.4 Å². The van der Waals surface area contributed by atoms with E-state index in [0.717, 1.165) is 48.9 Å². The molecule has 2 fully saturated rings. The van der Waals surface area contributed by atoms with Gasteiger partial charge in [-0.15, -0.1) is 0 Å². The molecule has 2 aromatic carbocycles. The van der Waals surface area contributed by atoms with Gasteiger partial charge >= 0.3 is 0 Å². The Morgan fingerprint density at radius 3 is 1.34 bits per heavy atom. The van der Waals surface area contributed by atoms with Crippen LogP contribution in [0.15, 0.2) is 48.5 Å². The zero-order valence-electron chi connectivity index (χ0n) is 23.0. The molecule has 44 heavy (non-hydrogen) atoms. The highest BCUT2D eigenvalue weighted by Crippen LogP contribution is 2.54. The van der Waals surface area contributed by atoms with Gasteiger partial charge in [0.15, 0.2) is 0 Å². The minimum Gasteiger partial charge on any atom is -0.364 e. The summed E-state index contributed by atoms with van der Waals surface area (Å²) in [5.41, 5.74) is 15.1. The molecule has 0 spiro atoms. The highest BCUT2D eigenvalue weighted by molar-refractivity contribution is 5.93. The van der Waals surface area contributed by atoms with Crippen molar-refractivity contribution in [3.8, 4) is 22.3 Å². The number of amides is 2. The first-order chi connectivity index (χ1) is 21.1. The Morgan fingerprint density at radius 2 is 0.977 bits per heavy atom. The van der Waals surface area contributed by atoms with Crippen molar-refractivity contribution < 1.29 is 36.6 Å². The second-order valence-corrected chi connectivity index (χ2v) is 11.1. The normalized spacial score (nSPS) is 21.9. The van der Waals surface area contributed by atoms with Gasteiger partial charge in [-0.3, -0.25) is 9.59 Å². The lowest BCUT2D eigenvalue weighted by Crippen LogP contribution is -2.16. The van der Waals surface area contributed by atoms with Crippen LogP contribution in [0.25, 0.3) is 22.3 Å². The lowest BCUT2D eigenvalue weighted by Gasteiger charge is -2.17.